The van der Waals surface area contributed by atoms with Gasteiger partial charge >= 0.3 is 0 Å². The molecule has 0 unspecified atom stereocenters. The lowest BCUT2D eigenvalue weighted by atomic mass is 10.2. The van der Waals surface area contributed by atoms with E-state index in [1.807, 2.05) is 12.1 Å². The van der Waals surface area contributed by atoms with Crippen LogP contribution >= 0.6 is 0 Å². The highest BCUT2D eigenvalue weighted by Gasteiger charge is 2.07. The average Bonchev–Trinajstić information content (AvgIpc) is 2.45. The van der Waals surface area contributed by atoms with Crippen LogP contribution < -0.4 is 5.56 Å². The highest BCUT2D eigenvalue weighted by Crippen LogP contribution is 2.20. The van der Waals surface area contributed by atoms with Crippen LogP contribution in [0, 0.1) is 0 Å². The van der Waals surface area contributed by atoms with E-state index in [2.05, 4.69) is 24.9 Å². The molecule has 3 heterocycles. The maximum Gasteiger partial charge on any atom is 0.248 e. The normalized spacial score (nSPS) is 11.4. The Balaban J connectivity index is 2.28. The number of hydrogen-bond donors (Lipinski definition) is 1. The molecule has 6 heteroatoms. The first-order chi connectivity index (χ1) is 9.31. The molecule has 0 aliphatic rings. The van der Waals surface area contributed by atoms with Crippen molar-refractivity contribution in [3.63, 3.8) is 0 Å². The van der Waals surface area contributed by atoms with Gasteiger partial charge in [-0.2, -0.15) is 0 Å². The molecule has 4 aromatic rings. The Hall–Kier alpha value is -2.89. The van der Waals surface area contributed by atoms with E-state index in [1.54, 1.807) is 18.5 Å². The second-order valence-electron chi connectivity index (χ2n) is 4.15. The third kappa shape index (κ3) is 1.46. The molecule has 0 atom stereocenters. The molecule has 19 heavy (non-hydrogen) atoms. The Morgan fingerprint density at radius 2 is 1.63 bits per heavy atom. The number of pyridine rings is 1. The van der Waals surface area contributed by atoms with E-state index in [0.717, 1.165) is 5.39 Å². The SMILES string of the molecule is O=c1ccc2ccc3nc4nccnc4nc3c2[nH]1. The summed E-state index contributed by atoms with van der Waals surface area (Å²) in [6.45, 7) is 0. The van der Waals surface area contributed by atoms with E-state index in [1.165, 1.54) is 6.07 Å². The number of H-pyrrole nitrogens is 1. The second-order valence-corrected chi connectivity index (χ2v) is 4.15. The van der Waals surface area contributed by atoms with E-state index in [4.69, 9.17) is 0 Å². The van der Waals surface area contributed by atoms with Crippen molar-refractivity contribution in [3.05, 3.63) is 47.0 Å². The van der Waals surface area contributed by atoms with E-state index in [0.29, 0.717) is 27.8 Å². The average molecular weight is 249 g/mol. The van der Waals surface area contributed by atoms with Crippen LogP contribution in [0.25, 0.3) is 33.2 Å². The first kappa shape index (κ1) is 10.1. The highest BCUT2D eigenvalue weighted by molar-refractivity contribution is 6.02. The van der Waals surface area contributed by atoms with Crippen molar-refractivity contribution in [2.75, 3.05) is 0 Å². The highest BCUT2D eigenvalue weighted by atomic mass is 16.1. The van der Waals surface area contributed by atoms with Gasteiger partial charge in [0.2, 0.25) is 5.56 Å². The van der Waals surface area contributed by atoms with Crippen LogP contribution in [-0.2, 0) is 0 Å². The van der Waals surface area contributed by atoms with Gasteiger partial charge in [-0.3, -0.25) is 4.79 Å². The van der Waals surface area contributed by atoms with Gasteiger partial charge in [0, 0.05) is 23.8 Å². The summed E-state index contributed by atoms with van der Waals surface area (Å²) in [5.74, 6) is 0. The van der Waals surface area contributed by atoms with Crippen LogP contribution in [0.1, 0.15) is 0 Å². The first-order valence-corrected chi connectivity index (χ1v) is 5.72. The van der Waals surface area contributed by atoms with Gasteiger partial charge < -0.3 is 4.98 Å². The number of aromatic amines is 1. The third-order valence-corrected chi connectivity index (χ3v) is 2.96. The molecule has 0 spiro atoms. The minimum absolute atomic E-state index is 0.166. The molecule has 0 bridgehead atoms. The molecule has 0 saturated heterocycles. The predicted octanol–water partition coefficient (Wildman–Crippen LogP) is 1.41. The molecule has 0 aliphatic carbocycles. The first-order valence-electron chi connectivity index (χ1n) is 5.72. The Bertz CT molecular complexity index is 992. The number of aromatic nitrogens is 5. The number of hydrogen-bond acceptors (Lipinski definition) is 5. The van der Waals surface area contributed by atoms with Crippen LogP contribution in [-0.4, -0.2) is 24.9 Å². The lowest BCUT2D eigenvalue weighted by Crippen LogP contribution is -2.03. The number of rotatable bonds is 0. The fourth-order valence-electron chi connectivity index (χ4n) is 2.10. The summed E-state index contributed by atoms with van der Waals surface area (Å²) >= 11 is 0. The lowest BCUT2D eigenvalue weighted by molar-refractivity contribution is 1.20. The summed E-state index contributed by atoms with van der Waals surface area (Å²) in [5.41, 5.74) is 2.77. The van der Waals surface area contributed by atoms with E-state index in [9.17, 15) is 4.79 Å². The van der Waals surface area contributed by atoms with Gasteiger partial charge in [-0.15, -0.1) is 0 Å². The van der Waals surface area contributed by atoms with Crippen LogP contribution in [0.5, 0.6) is 0 Å². The Morgan fingerprint density at radius 3 is 2.47 bits per heavy atom. The lowest BCUT2D eigenvalue weighted by Gasteiger charge is -2.03. The van der Waals surface area contributed by atoms with Crippen molar-refractivity contribution < 1.29 is 0 Å². The summed E-state index contributed by atoms with van der Waals surface area (Å²) in [5, 5.41) is 0.907. The molecular weight excluding hydrogens is 242 g/mol. The molecule has 0 aliphatic heterocycles. The Kier molecular flexibility index (Phi) is 1.88. The molecule has 0 amide bonds. The summed E-state index contributed by atoms with van der Waals surface area (Å²) in [7, 11) is 0. The van der Waals surface area contributed by atoms with E-state index < -0.39 is 0 Å². The van der Waals surface area contributed by atoms with Gasteiger partial charge in [-0.1, -0.05) is 6.07 Å². The zero-order valence-corrected chi connectivity index (χ0v) is 9.66. The van der Waals surface area contributed by atoms with Crippen molar-refractivity contribution in [2.24, 2.45) is 0 Å². The predicted molar refractivity (Wildman–Crippen MR) is 70.8 cm³/mol. The van der Waals surface area contributed by atoms with Crippen molar-refractivity contribution in [1.82, 2.24) is 24.9 Å². The quantitative estimate of drug-likeness (QED) is 0.376. The summed E-state index contributed by atoms with van der Waals surface area (Å²) in [4.78, 5) is 31.3. The third-order valence-electron chi connectivity index (χ3n) is 2.96. The van der Waals surface area contributed by atoms with E-state index >= 15 is 0 Å². The van der Waals surface area contributed by atoms with Crippen molar-refractivity contribution in [3.8, 4) is 0 Å². The van der Waals surface area contributed by atoms with Crippen LogP contribution in [0.4, 0.5) is 0 Å². The van der Waals surface area contributed by atoms with Crippen LogP contribution in [0.3, 0.4) is 0 Å². The van der Waals surface area contributed by atoms with Gasteiger partial charge in [0.05, 0.1) is 11.0 Å². The van der Waals surface area contributed by atoms with Gasteiger partial charge in [0.25, 0.3) is 0 Å². The zero-order valence-electron chi connectivity index (χ0n) is 9.66. The number of fused-ring (bicyclic) bond motifs is 4. The number of nitrogens with one attached hydrogen (secondary N) is 1. The Labute approximate surface area is 106 Å². The zero-order chi connectivity index (χ0) is 12.8. The van der Waals surface area contributed by atoms with Crippen molar-refractivity contribution in [2.45, 2.75) is 0 Å². The topological polar surface area (TPSA) is 84.4 Å². The van der Waals surface area contributed by atoms with Gasteiger partial charge in [-0.25, -0.2) is 19.9 Å². The molecule has 0 radical (unpaired) electrons. The van der Waals surface area contributed by atoms with Gasteiger partial charge in [-0.05, 0) is 12.1 Å². The van der Waals surface area contributed by atoms with Crippen molar-refractivity contribution in [1.29, 1.82) is 0 Å². The summed E-state index contributed by atoms with van der Waals surface area (Å²) in [6.07, 6.45) is 3.14. The fourth-order valence-corrected chi connectivity index (χ4v) is 2.10. The number of benzene rings is 1. The largest absolute Gasteiger partial charge is 0.320 e. The monoisotopic (exact) mass is 249 g/mol. The molecule has 6 nitrogen and oxygen atoms in total. The van der Waals surface area contributed by atoms with Crippen LogP contribution in [0.15, 0.2) is 41.5 Å². The van der Waals surface area contributed by atoms with Crippen molar-refractivity contribution >= 4 is 33.2 Å². The smallest absolute Gasteiger partial charge is 0.248 e. The summed E-state index contributed by atoms with van der Waals surface area (Å²) in [6, 6.07) is 7.00. The molecule has 0 saturated carbocycles. The maximum atomic E-state index is 11.5. The number of nitrogens with zero attached hydrogens (tertiary/aromatic N) is 4. The maximum absolute atomic E-state index is 11.5. The fraction of sp³-hybridized carbons (Fsp3) is 0. The molecule has 4 rings (SSSR count). The minimum Gasteiger partial charge on any atom is -0.320 e. The molecule has 90 valence electrons. The Morgan fingerprint density at radius 1 is 0.895 bits per heavy atom. The molecule has 0 fully saturated rings. The standard InChI is InChI=1S/C13H7N5O/c19-9-4-2-7-1-3-8-11(10(7)17-9)18-13-12(16-8)14-5-6-15-13/h1-6H,(H,17,19). The second kappa shape index (κ2) is 3.55. The minimum atomic E-state index is -0.166. The molecule has 1 aromatic carbocycles. The van der Waals surface area contributed by atoms with Crippen LogP contribution in [0.2, 0.25) is 0 Å². The van der Waals surface area contributed by atoms with Gasteiger partial charge in [0.1, 0.15) is 5.52 Å². The molecule has 1 N–H and O–H groups in total. The summed E-state index contributed by atoms with van der Waals surface area (Å²) < 4.78 is 0. The van der Waals surface area contributed by atoms with Gasteiger partial charge in [0.15, 0.2) is 11.3 Å². The van der Waals surface area contributed by atoms with E-state index in [-0.39, 0.29) is 5.56 Å². The molecular formula is C13H7N5O. The molecule has 3 aromatic heterocycles.